The van der Waals surface area contributed by atoms with Crippen molar-refractivity contribution in [1.29, 1.82) is 0 Å². The third kappa shape index (κ3) is 6.19. The standard InChI is InChI=1S/C24H26N2O3S/c1-2-3-9-19-14-16-21(17-15-19)25-24(27)22-12-7-8-13-23(22)26-30(28,29)18-20-10-5-4-6-11-20/h4-8,10-17,26H,2-3,9,18H2,1H3,(H,25,27). The van der Waals surface area contributed by atoms with Gasteiger partial charge in [-0.15, -0.1) is 0 Å². The molecule has 3 aromatic carbocycles. The number of rotatable bonds is 9. The number of sulfonamides is 1. The molecule has 3 aromatic rings. The average Bonchev–Trinajstić information content (AvgIpc) is 2.73. The van der Waals surface area contributed by atoms with Crippen molar-refractivity contribution < 1.29 is 13.2 Å². The van der Waals surface area contributed by atoms with Gasteiger partial charge in [0.15, 0.2) is 0 Å². The van der Waals surface area contributed by atoms with Gasteiger partial charge >= 0.3 is 0 Å². The van der Waals surface area contributed by atoms with E-state index in [1.54, 1.807) is 48.5 Å². The zero-order chi connectivity index (χ0) is 21.4. The van der Waals surface area contributed by atoms with Gasteiger partial charge in [-0.2, -0.15) is 0 Å². The third-order valence-electron chi connectivity index (χ3n) is 4.67. The third-order valence-corrected chi connectivity index (χ3v) is 5.91. The number of carbonyl (C=O) groups is 1. The van der Waals surface area contributed by atoms with E-state index >= 15 is 0 Å². The molecule has 0 saturated heterocycles. The maximum Gasteiger partial charge on any atom is 0.257 e. The number of anilines is 2. The van der Waals surface area contributed by atoms with Crippen LogP contribution in [0.15, 0.2) is 78.9 Å². The minimum atomic E-state index is -3.66. The number of carbonyl (C=O) groups excluding carboxylic acids is 1. The van der Waals surface area contributed by atoms with E-state index in [0.717, 1.165) is 19.3 Å². The van der Waals surface area contributed by atoms with Gasteiger partial charge in [-0.3, -0.25) is 9.52 Å². The maximum absolute atomic E-state index is 12.8. The van der Waals surface area contributed by atoms with Gasteiger partial charge < -0.3 is 5.32 Å². The highest BCUT2D eigenvalue weighted by atomic mass is 32.2. The number of benzene rings is 3. The highest BCUT2D eigenvalue weighted by Crippen LogP contribution is 2.20. The van der Waals surface area contributed by atoms with Gasteiger partial charge in [0, 0.05) is 5.69 Å². The molecule has 2 N–H and O–H groups in total. The van der Waals surface area contributed by atoms with E-state index in [1.165, 1.54) is 5.56 Å². The predicted octanol–water partition coefficient (Wildman–Crippen LogP) is 5.22. The Bertz CT molecular complexity index is 1080. The summed E-state index contributed by atoms with van der Waals surface area (Å²) in [6.45, 7) is 2.15. The van der Waals surface area contributed by atoms with Crippen LogP contribution in [0.2, 0.25) is 0 Å². The largest absolute Gasteiger partial charge is 0.322 e. The second-order valence-corrected chi connectivity index (χ2v) is 8.87. The fourth-order valence-electron chi connectivity index (χ4n) is 3.10. The number of amides is 1. The van der Waals surface area contributed by atoms with E-state index in [0.29, 0.717) is 11.3 Å². The van der Waals surface area contributed by atoms with Crippen LogP contribution in [0.25, 0.3) is 0 Å². The first-order chi connectivity index (χ1) is 14.5. The van der Waals surface area contributed by atoms with E-state index in [-0.39, 0.29) is 22.9 Å². The number of hydrogen-bond donors (Lipinski definition) is 2. The SMILES string of the molecule is CCCCc1ccc(NC(=O)c2ccccc2NS(=O)(=O)Cc2ccccc2)cc1. The second kappa shape index (κ2) is 10.1. The van der Waals surface area contributed by atoms with Crippen molar-refractivity contribution in [3.8, 4) is 0 Å². The first-order valence-corrected chi connectivity index (χ1v) is 11.7. The van der Waals surface area contributed by atoms with E-state index in [4.69, 9.17) is 0 Å². The second-order valence-electron chi connectivity index (χ2n) is 7.15. The van der Waals surface area contributed by atoms with Crippen LogP contribution in [0.1, 0.15) is 41.3 Å². The first kappa shape index (κ1) is 21.6. The minimum Gasteiger partial charge on any atom is -0.322 e. The number of unbranched alkanes of at least 4 members (excludes halogenated alkanes) is 1. The van der Waals surface area contributed by atoms with Crippen molar-refractivity contribution in [2.75, 3.05) is 10.0 Å². The van der Waals surface area contributed by atoms with Gasteiger partial charge in [-0.1, -0.05) is 67.9 Å². The molecule has 0 aromatic heterocycles. The number of hydrogen-bond acceptors (Lipinski definition) is 3. The Morgan fingerprint density at radius 2 is 1.50 bits per heavy atom. The smallest absolute Gasteiger partial charge is 0.257 e. The summed E-state index contributed by atoms with van der Waals surface area (Å²) in [4.78, 5) is 12.8. The molecule has 0 aliphatic carbocycles. The predicted molar refractivity (Wildman–Crippen MR) is 122 cm³/mol. The summed E-state index contributed by atoms with van der Waals surface area (Å²) in [7, 11) is -3.66. The summed E-state index contributed by atoms with van der Waals surface area (Å²) in [6, 6.07) is 23.2. The maximum atomic E-state index is 12.8. The fraction of sp³-hybridized carbons (Fsp3) is 0.208. The molecule has 0 radical (unpaired) electrons. The van der Waals surface area contributed by atoms with Gasteiger partial charge in [-0.25, -0.2) is 8.42 Å². The molecule has 0 aliphatic heterocycles. The highest BCUT2D eigenvalue weighted by molar-refractivity contribution is 7.91. The Morgan fingerprint density at radius 3 is 2.20 bits per heavy atom. The van der Waals surface area contributed by atoms with Crippen LogP contribution in [0.5, 0.6) is 0 Å². The van der Waals surface area contributed by atoms with Crippen LogP contribution in [-0.2, 0) is 22.2 Å². The van der Waals surface area contributed by atoms with Crippen LogP contribution in [-0.4, -0.2) is 14.3 Å². The van der Waals surface area contributed by atoms with Crippen molar-refractivity contribution in [2.45, 2.75) is 31.9 Å². The molecule has 0 unspecified atom stereocenters. The summed E-state index contributed by atoms with van der Waals surface area (Å²) >= 11 is 0. The number of nitrogens with one attached hydrogen (secondary N) is 2. The van der Waals surface area contributed by atoms with E-state index in [2.05, 4.69) is 17.0 Å². The Morgan fingerprint density at radius 1 is 0.833 bits per heavy atom. The van der Waals surface area contributed by atoms with Crippen LogP contribution >= 0.6 is 0 Å². The van der Waals surface area contributed by atoms with Crippen LogP contribution in [0.3, 0.4) is 0 Å². The van der Waals surface area contributed by atoms with Crippen molar-refractivity contribution in [2.24, 2.45) is 0 Å². The van der Waals surface area contributed by atoms with Crippen LogP contribution in [0.4, 0.5) is 11.4 Å². The zero-order valence-corrected chi connectivity index (χ0v) is 17.8. The molecule has 6 heteroatoms. The van der Waals surface area contributed by atoms with Crippen molar-refractivity contribution in [3.63, 3.8) is 0 Å². The van der Waals surface area contributed by atoms with Crippen LogP contribution in [0, 0.1) is 0 Å². The summed E-state index contributed by atoms with van der Waals surface area (Å²) in [5, 5.41) is 2.84. The molecular formula is C24H26N2O3S. The first-order valence-electron chi connectivity index (χ1n) is 10.0. The Balaban J connectivity index is 1.72. The molecule has 30 heavy (non-hydrogen) atoms. The lowest BCUT2D eigenvalue weighted by Gasteiger charge is -2.13. The molecule has 0 bridgehead atoms. The molecule has 5 nitrogen and oxygen atoms in total. The summed E-state index contributed by atoms with van der Waals surface area (Å²) in [6.07, 6.45) is 3.27. The number of aryl methyl sites for hydroxylation is 1. The summed E-state index contributed by atoms with van der Waals surface area (Å²) in [5.41, 5.74) is 3.09. The molecule has 3 rings (SSSR count). The molecule has 0 fully saturated rings. The van der Waals surface area contributed by atoms with Crippen molar-refractivity contribution in [1.82, 2.24) is 0 Å². The van der Waals surface area contributed by atoms with Crippen molar-refractivity contribution in [3.05, 3.63) is 95.6 Å². The van der Waals surface area contributed by atoms with Gasteiger partial charge in [0.1, 0.15) is 0 Å². The Kier molecular flexibility index (Phi) is 7.25. The summed E-state index contributed by atoms with van der Waals surface area (Å²) < 4.78 is 27.7. The molecule has 1 amide bonds. The molecule has 0 aliphatic rings. The molecule has 0 saturated carbocycles. The zero-order valence-electron chi connectivity index (χ0n) is 17.0. The average molecular weight is 423 g/mol. The highest BCUT2D eigenvalue weighted by Gasteiger charge is 2.17. The van der Waals surface area contributed by atoms with E-state index < -0.39 is 10.0 Å². The van der Waals surface area contributed by atoms with Gasteiger partial charge in [0.2, 0.25) is 10.0 Å². The van der Waals surface area contributed by atoms with Crippen LogP contribution < -0.4 is 10.0 Å². The van der Waals surface area contributed by atoms with Gasteiger partial charge in [-0.05, 0) is 48.2 Å². The molecular weight excluding hydrogens is 396 g/mol. The van der Waals surface area contributed by atoms with Gasteiger partial charge in [0.25, 0.3) is 5.91 Å². The van der Waals surface area contributed by atoms with E-state index in [1.807, 2.05) is 30.3 Å². The normalized spacial score (nSPS) is 11.1. The fourth-order valence-corrected chi connectivity index (χ4v) is 4.32. The molecule has 156 valence electrons. The topological polar surface area (TPSA) is 75.3 Å². The molecule has 0 spiro atoms. The summed E-state index contributed by atoms with van der Waals surface area (Å²) in [5.74, 6) is -0.530. The Hall–Kier alpha value is -3.12. The lowest BCUT2D eigenvalue weighted by molar-refractivity contribution is 0.102. The molecule has 0 atom stereocenters. The minimum absolute atomic E-state index is 0.164. The Labute approximate surface area is 178 Å². The van der Waals surface area contributed by atoms with Gasteiger partial charge in [0.05, 0.1) is 17.0 Å². The monoisotopic (exact) mass is 422 g/mol. The van der Waals surface area contributed by atoms with Crippen molar-refractivity contribution >= 4 is 27.3 Å². The number of para-hydroxylation sites is 1. The molecule has 0 heterocycles. The van der Waals surface area contributed by atoms with E-state index in [9.17, 15) is 13.2 Å². The lowest BCUT2D eigenvalue weighted by atomic mass is 10.1. The lowest BCUT2D eigenvalue weighted by Crippen LogP contribution is -2.19. The quantitative estimate of drug-likeness (QED) is 0.496.